The highest BCUT2D eigenvalue weighted by Gasteiger charge is 2.33. The number of nitro benzene ring substituents is 1. The van der Waals surface area contributed by atoms with Gasteiger partial charge in [0, 0.05) is 79.1 Å². The number of nitrogens with zero attached hydrogens (tertiary/aromatic N) is 5. The molecule has 5 aromatic rings. The summed E-state index contributed by atoms with van der Waals surface area (Å²) in [6.45, 7) is 9.61. The fraction of sp³-hybridized carbons (Fsp3) is 0.404. The topological polar surface area (TPSA) is 207 Å². The number of nitro groups is 1. The number of carbonyl (C=O) groups excluding carboxylic acids is 1. The van der Waals surface area contributed by atoms with E-state index in [1.165, 1.54) is 28.8 Å². The number of benzene rings is 3. The van der Waals surface area contributed by atoms with E-state index in [9.17, 15) is 32.4 Å². The molecule has 0 bridgehead atoms. The molecule has 0 radical (unpaired) electrons. The number of aromatic nitrogens is 2. The Hall–Kier alpha value is -5.37. The van der Waals surface area contributed by atoms with Crippen molar-refractivity contribution in [2.45, 2.75) is 50.8 Å². The first-order chi connectivity index (χ1) is 31.5. The maximum absolute atomic E-state index is 14.3. The molecule has 2 fully saturated rings. The minimum Gasteiger partial charge on any atom is -0.474 e. The number of carbonyl (C=O) groups is 1. The largest absolute Gasteiger partial charge is 0.474 e. The van der Waals surface area contributed by atoms with E-state index in [-0.39, 0.29) is 40.7 Å². The molecule has 16 nitrogen and oxygen atoms in total. The summed E-state index contributed by atoms with van der Waals surface area (Å²) in [7, 11) is -7.19. The van der Waals surface area contributed by atoms with Gasteiger partial charge in [-0.3, -0.25) is 28.9 Å². The Balaban J connectivity index is 0.964. The predicted molar refractivity (Wildman–Crippen MR) is 261 cm³/mol. The molecule has 0 atom stereocenters. The van der Waals surface area contributed by atoms with Gasteiger partial charge >= 0.3 is 0 Å². The van der Waals surface area contributed by atoms with Crippen LogP contribution in [0.25, 0.3) is 16.6 Å². The number of pyridine rings is 1. The Kier molecular flexibility index (Phi) is 12.7. The van der Waals surface area contributed by atoms with E-state index in [0.717, 1.165) is 74.1 Å². The summed E-state index contributed by atoms with van der Waals surface area (Å²) in [6, 6.07) is 20.9. The van der Waals surface area contributed by atoms with E-state index in [0.29, 0.717) is 48.8 Å². The van der Waals surface area contributed by atoms with Crippen molar-refractivity contribution in [3.63, 3.8) is 0 Å². The molecule has 5 N–H and O–H groups in total. The first-order valence-electron chi connectivity index (χ1n) is 22.3. The number of ether oxygens (including phenoxy) is 1. The number of allylic oxidation sites excluding steroid dienone is 1. The number of sulfonamides is 1. The molecule has 19 heteroatoms. The van der Waals surface area contributed by atoms with E-state index < -0.39 is 42.0 Å². The van der Waals surface area contributed by atoms with Gasteiger partial charge in [0.05, 0.1) is 27.6 Å². The third kappa shape index (κ3) is 9.99. The Labute approximate surface area is 390 Å². The third-order valence-electron chi connectivity index (χ3n) is 13.4. The molecule has 2 saturated heterocycles. The summed E-state index contributed by atoms with van der Waals surface area (Å²) in [6.07, 6.45) is 6.06. The summed E-state index contributed by atoms with van der Waals surface area (Å²) < 4.78 is 56.0. The minimum atomic E-state index is -4.61. The van der Waals surface area contributed by atoms with Gasteiger partial charge in [-0.15, -0.1) is 0 Å². The Bertz CT molecular complexity index is 2800. The van der Waals surface area contributed by atoms with Crippen LogP contribution in [0, 0.1) is 21.4 Å². The number of fused-ring (bicyclic) bond motifs is 2. The van der Waals surface area contributed by atoms with Gasteiger partial charge in [-0.05, 0) is 109 Å². The average Bonchev–Trinajstić information content (AvgIpc) is 3.76. The molecule has 0 saturated carbocycles. The van der Waals surface area contributed by atoms with E-state index in [2.05, 4.69) is 55.8 Å². The quantitative estimate of drug-likeness (QED) is 0.0585. The zero-order chi connectivity index (χ0) is 46.4. The number of amides is 1. The highest BCUT2D eigenvalue weighted by molar-refractivity contribution is 8.24. The van der Waals surface area contributed by atoms with Crippen LogP contribution >= 0.6 is 22.2 Å². The molecule has 1 aliphatic carbocycles. The zero-order valence-corrected chi connectivity index (χ0v) is 39.4. The summed E-state index contributed by atoms with van der Waals surface area (Å²) >= 11 is 6.26. The minimum absolute atomic E-state index is 0.0626. The van der Waals surface area contributed by atoms with Gasteiger partial charge < -0.3 is 24.8 Å². The monoisotopic (exact) mass is 958 g/mol. The van der Waals surface area contributed by atoms with Gasteiger partial charge in [0.25, 0.3) is 21.6 Å². The van der Waals surface area contributed by atoms with Crippen LogP contribution in [0.2, 0.25) is 5.02 Å². The standard InChI is InChI=1S/C47H55ClN8O8S2/c1-47(2)15-11-34(39(28-47)32-3-5-35(48)6-4-32)30-53-17-19-54(20-18-53)36-7-9-38(41(26-36)55-21-22-64-46-43(55)25-33-12-16-49-44(33)51-46)45(57)52-66(62,63)37-8-10-40(42(27-37)56(58)59)50-29-31-13-23-65(60,61)24-14-31/h3-10,12,16,25-27,31,50,60-61H,11,13-15,17-24,28-30H2,1-2H3,(H,49,51)(H,52,57). The molecule has 3 aliphatic heterocycles. The van der Waals surface area contributed by atoms with Crippen LogP contribution in [0.4, 0.5) is 28.4 Å². The van der Waals surface area contributed by atoms with E-state index in [4.69, 9.17) is 16.3 Å². The van der Waals surface area contributed by atoms with Crippen molar-refractivity contribution in [3.05, 3.63) is 111 Å². The molecule has 350 valence electrons. The maximum Gasteiger partial charge on any atom is 0.293 e. The fourth-order valence-electron chi connectivity index (χ4n) is 9.52. The van der Waals surface area contributed by atoms with Crippen LogP contribution in [0.5, 0.6) is 5.88 Å². The molecular weight excluding hydrogens is 904 g/mol. The van der Waals surface area contributed by atoms with Crippen molar-refractivity contribution >= 4 is 83.2 Å². The molecule has 0 unspecified atom stereocenters. The van der Waals surface area contributed by atoms with E-state index in [1.54, 1.807) is 12.3 Å². The molecule has 0 spiro atoms. The van der Waals surface area contributed by atoms with Crippen LogP contribution in [0.1, 0.15) is 61.9 Å². The lowest BCUT2D eigenvalue weighted by molar-refractivity contribution is -0.384. The molecule has 3 aromatic carbocycles. The normalized spacial score (nSPS) is 19.5. The number of hydrogen-bond acceptors (Lipinski definition) is 13. The SMILES string of the molecule is CC1(C)CCC(CN2CCN(c3ccc(C(=O)NS(=O)(=O)c4ccc(NCC5CCS(O)(O)CC5)c([N+](=O)[O-])c4)c(N4CCOc5nc6[nH]ccc6cc54)c3)CC2)=C(c2ccc(Cl)cc2)C1. The average molecular weight is 960 g/mol. The summed E-state index contributed by atoms with van der Waals surface area (Å²) in [5.74, 6) is 0.0763. The third-order valence-corrected chi connectivity index (χ3v) is 16.7. The number of aromatic amines is 1. The molecular formula is C47H55ClN8O8S2. The number of piperazine rings is 1. The summed E-state index contributed by atoms with van der Waals surface area (Å²) in [5.41, 5.74) is 6.65. The van der Waals surface area contributed by atoms with Gasteiger partial charge in [-0.2, -0.15) is 15.6 Å². The van der Waals surface area contributed by atoms with Gasteiger partial charge in [0.1, 0.15) is 23.6 Å². The second kappa shape index (κ2) is 18.4. The van der Waals surface area contributed by atoms with Gasteiger partial charge in [-0.1, -0.05) is 43.2 Å². The van der Waals surface area contributed by atoms with Crippen molar-refractivity contribution < 1.29 is 32.0 Å². The number of hydrogen-bond donors (Lipinski definition) is 5. The second-order valence-electron chi connectivity index (χ2n) is 18.5. The number of anilines is 4. The van der Waals surface area contributed by atoms with Crippen LogP contribution < -0.4 is 24.6 Å². The molecule has 2 aromatic heterocycles. The number of H-pyrrole nitrogens is 1. The fourth-order valence-corrected chi connectivity index (χ4v) is 12.3. The Morgan fingerprint density at radius 3 is 2.50 bits per heavy atom. The predicted octanol–water partition coefficient (Wildman–Crippen LogP) is 9.13. The van der Waals surface area contributed by atoms with Crippen molar-refractivity contribution in [2.75, 3.05) is 79.0 Å². The van der Waals surface area contributed by atoms with Crippen LogP contribution in [-0.2, 0) is 10.0 Å². The summed E-state index contributed by atoms with van der Waals surface area (Å²) in [4.78, 5) is 39.9. The smallest absolute Gasteiger partial charge is 0.293 e. The lowest BCUT2D eigenvalue weighted by atomic mass is 9.72. The van der Waals surface area contributed by atoms with Crippen LogP contribution in [-0.4, -0.2) is 107 Å². The maximum atomic E-state index is 14.3. The molecule has 5 heterocycles. The number of nitrogens with one attached hydrogen (secondary N) is 3. The zero-order valence-electron chi connectivity index (χ0n) is 37.0. The van der Waals surface area contributed by atoms with E-state index >= 15 is 0 Å². The van der Waals surface area contributed by atoms with Crippen LogP contribution in [0.15, 0.2) is 89.5 Å². The van der Waals surface area contributed by atoms with Gasteiger partial charge in [0.15, 0.2) is 0 Å². The van der Waals surface area contributed by atoms with Gasteiger partial charge in [0.2, 0.25) is 5.88 Å². The first kappa shape index (κ1) is 45.8. The lowest BCUT2D eigenvalue weighted by Gasteiger charge is -2.39. The summed E-state index contributed by atoms with van der Waals surface area (Å²) in [5, 5.41) is 16.8. The van der Waals surface area contributed by atoms with Crippen molar-refractivity contribution in [1.82, 2.24) is 19.6 Å². The first-order valence-corrected chi connectivity index (χ1v) is 26.1. The Morgan fingerprint density at radius 1 is 1.00 bits per heavy atom. The van der Waals surface area contributed by atoms with Crippen LogP contribution in [0.3, 0.4) is 0 Å². The highest BCUT2D eigenvalue weighted by atomic mass is 35.5. The number of rotatable bonds is 12. The highest BCUT2D eigenvalue weighted by Crippen LogP contribution is 2.47. The molecule has 66 heavy (non-hydrogen) atoms. The van der Waals surface area contributed by atoms with Crippen molar-refractivity contribution in [3.8, 4) is 5.88 Å². The molecule has 1 amide bonds. The van der Waals surface area contributed by atoms with Crippen molar-refractivity contribution in [1.29, 1.82) is 0 Å². The Morgan fingerprint density at radius 2 is 1.76 bits per heavy atom. The molecule has 4 aliphatic rings. The van der Waals surface area contributed by atoms with Gasteiger partial charge in [-0.25, -0.2) is 13.1 Å². The van der Waals surface area contributed by atoms with E-state index in [1.807, 2.05) is 41.3 Å². The molecule has 9 rings (SSSR count). The van der Waals surface area contributed by atoms with Crippen molar-refractivity contribution in [2.24, 2.45) is 11.3 Å². The lowest BCUT2D eigenvalue weighted by Crippen LogP contribution is -2.47. The second-order valence-corrected chi connectivity index (χ2v) is 23.1. The number of halogens is 1.